The number of para-hydroxylation sites is 1. The summed E-state index contributed by atoms with van der Waals surface area (Å²) in [5.41, 5.74) is 0.976. The lowest BCUT2D eigenvalue weighted by Crippen LogP contribution is -2.24. The average molecular weight is 289 g/mol. The Kier molecular flexibility index (Phi) is 4.68. The van der Waals surface area contributed by atoms with Crippen LogP contribution in [0.25, 0.3) is 0 Å². The maximum Gasteiger partial charge on any atom is 0.271 e. The van der Waals surface area contributed by atoms with Gasteiger partial charge in [0.2, 0.25) is 0 Å². The van der Waals surface area contributed by atoms with Gasteiger partial charge < -0.3 is 10.6 Å². The predicted molar refractivity (Wildman–Crippen MR) is 79.3 cm³/mol. The summed E-state index contributed by atoms with van der Waals surface area (Å²) >= 11 is 6.03. The molecule has 1 aromatic heterocycles. The highest BCUT2D eigenvalue weighted by Crippen LogP contribution is 2.23. The largest absolute Gasteiger partial charge is 0.347 e. The molecule has 5 nitrogen and oxygen atoms in total. The highest BCUT2D eigenvalue weighted by atomic mass is 35.5. The summed E-state index contributed by atoms with van der Waals surface area (Å²) in [7, 11) is 0. The lowest BCUT2D eigenvalue weighted by molar-refractivity contribution is 0.0952. The minimum Gasteiger partial charge on any atom is -0.347 e. The molecule has 1 amide bonds. The Morgan fingerprint density at radius 1 is 1.30 bits per heavy atom. The van der Waals surface area contributed by atoms with Gasteiger partial charge in [0.1, 0.15) is 11.5 Å². The van der Waals surface area contributed by atoms with E-state index in [9.17, 15) is 4.79 Å². The standard InChI is InChI=1S/C14H13ClN4O/c1-2-7-16-14(20)12-8-18-13(9-17-12)19-11-6-4-3-5-10(11)15/h2-6,8-9H,1,7H2,(H,16,20)(H,18,19). The van der Waals surface area contributed by atoms with Crippen molar-refractivity contribution in [1.29, 1.82) is 0 Å². The van der Waals surface area contributed by atoms with Crippen molar-refractivity contribution >= 4 is 29.0 Å². The first-order chi connectivity index (χ1) is 9.70. The number of benzene rings is 1. The van der Waals surface area contributed by atoms with Crippen LogP contribution in [0.15, 0.2) is 49.3 Å². The molecule has 102 valence electrons. The van der Waals surface area contributed by atoms with Gasteiger partial charge in [-0.2, -0.15) is 0 Å². The Hall–Kier alpha value is -2.40. The molecule has 1 heterocycles. The van der Waals surface area contributed by atoms with Gasteiger partial charge in [-0.05, 0) is 12.1 Å². The topological polar surface area (TPSA) is 66.9 Å². The SMILES string of the molecule is C=CCNC(=O)c1cnc(Nc2ccccc2Cl)cn1. The van der Waals surface area contributed by atoms with Crippen LogP contribution in [0.3, 0.4) is 0 Å². The van der Waals surface area contributed by atoms with Crippen LogP contribution in [-0.4, -0.2) is 22.4 Å². The Labute approximate surface area is 121 Å². The first-order valence-corrected chi connectivity index (χ1v) is 6.31. The molecule has 0 unspecified atom stereocenters. The van der Waals surface area contributed by atoms with E-state index in [2.05, 4.69) is 27.2 Å². The first-order valence-electron chi connectivity index (χ1n) is 5.93. The number of rotatable bonds is 5. The van der Waals surface area contributed by atoms with Crippen molar-refractivity contribution in [3.8, 4) is 0 Å². The Morgan fingerprint density at radius 2 is 2.10 bits per heavy atom. The molecule has 0 aliphatic carbocycles. The molecule has 0 bridgehead atoms. The van der Waals surface area contributed by atoms with Crippen LogP contribution in [0.2, 0.25) is 5.02 Å². The second-order valence-corrected chi connectivity index (χ2v) is 4.30. The summed E-state index contributed by atoms with van der Waals surface area (Å²) in [5.74, 6) is 0.222. The molecule has 0 atom stereocenters. The van der Waals surface area contributed by atoms with E-state index in [4.69, 9.17) is 11.6 Å². The molecule has 6 heteroatoms. The van der Waals surface area contributed by atoms with Crippen LogP contribution in [0.1, 0.15) is 10.5 Å². The van der Waals surface area contributed by atoms with Crippen molar-refractivity contribution in [1.82, 2.24) is 15.3 Å². The van der Waals surface area contributed by atoms with Crippen molar-refractivity contribution in [2.24, 2.45) is 0 Å². The number of anilines is 2. The fourth-order valence-electron chi connectivity index (χ4n) is 1.47. The quantitative estimate of drug-likeness (QED) is 0.830. The van der Waals surface area contributed by atoms with E-state index in [1.54, 1.807) is 12.1 Å². The number of halogens is 1. The van der Waals surface area contributed by atoms with Gasteiger partial charge in [0.05, 0.1) is 23.1 Å². The number of aromatic nitrogens is 2. The fraction of sp³-hybridized carbons (Fsp3) is 0.0714. The minimum absolute atomic E-state index is 0.247. The van der Waals surface area contributed by atoms with Crippen molar-refractivity contribution in [2.75, 3.05) is 11.9 Å². The molecule has 0 radical (unpaired) electrons. The van der Waals surface area contributed by atoms with E-state index in [-0.39, 0.29) is 11.6 Å². The zero-order valence-corrected chi connectivity index (χ0v) is 11.4. The highest BCUT2D eigenvalue weighted by Gasteiger charge is 2.07. The second-order valence-electron chi connectivity index (χ2n) is 3.89. The molecule has 20 heavy (non-hydrogen) atoms. The summed E-state index contributed by atoms with van der Waals surface area (Å²) in [6, 6.07) is 7.30. The maximum absolute atomic E-state index is 11.6. The third-order valence-electron chi connectivity index (χ3n) is 2.43. The van der Waals surface area contributed by atoms with E-state index >= 15 is 0 Å². The van der Waals surface area contributed by atoms with Crippen LogP contribution in [0.4, 0.5) is 11.5 Å². The second kappa shape index (κ2) is 6.68. The number of carbonyl (C=O) groups is 1. The molecular weight excluding hydrogens is 276 g/mol. The molecule has 0 saturated carbocycles. The molecule has 2 rings (SSSR count). The Bertz CT molecular complexity index is 613. The third kappa shape index (κ3) is 3.55. The van der Waals surface area contributed by atoms with Crippen LogP contribution in [0, 0.1) is 0 Å². The monoisotopic (exact) mass is 288 g/mol. The van der Waals surface area contributed by atoms with E-state index < -0.39 is 0 Å². The molecule has 0 saturated heterocycles. The first kappa shape index (κ1) is 14.0. The fourth-order valence-corrected chi connectivity index (χ4v) is 1.65. The number of nitrogens with zero attached hydrogens (tertiary/aromatic N) is 2. The van der Waals surface area contributed by atoms with Gasteiger partial charge in [-0.1, -0.05) is 29.8 Å². The zero-order valence-electron chi connectivity index (χ0n) is 10.6. The molecule has 2 aromatic rings. The van der Waals surface area contributed by atoms with E-state index in [1.165, 1.54) is 12.4 Å². The average Bonchev–Trinajstić information content (AvgIpc) is 2.48. The molecule has 0 spiro atoms. The van der Waals surface area contributed by atoms with Gasteiger partial charge >= 0.3 is 0 Å². The molecular formula is C14H13ClN4O. The maximum atomic E-state index is 11.6. The van der Waals surface area contributed by atoms with E-state index in [0.29, 0.717) is 17.4 Å². The Balaban J connectivity index is 2.07. The molecule has 0 aliphatic rings. The lowest BCUT2D eigenvalue weighted by atomic mass is 10.3. The van der Waals surface area contributed by atoms with E-state index in [1.807, 2.05) is 18.2 Å². The van der Waals surface area contributed by atoms with Gasteiger partial charge in [0, 0.05) is 6.54 Å². The number of amides is 1. The van der Waals surface area contributed by atoms with E-state index in [0.717, 1.165) is 5.69 Å². The summed E-state index contributed by atoms with van der Waals surface area (Å²) in [6.45, 7) is 3.91. The summed E-state index contributed by atoms with van der Waals surface area (Å²) in [6.07, 6.45) is 4.47. The normalized spacial score (nSPS) is 9.85. The van der Waals surface area contributed by atoms with Crippen molar-refractivity contribution in [2.45, 2.75) is 0 Å². The van der Waals surface area contributed by atoms with Gasteiger partial charge in [-0.15, -0.1) is 6.58 Å². The zero-order chi connectivity index (χ0) is 14.4. The van der Waals surface area contributed by atoms with Crippen LogP contribution in [-0.2, 0) is 0 Å². The molecule has 0 fully saturated rings. The number of hydrogen-bond acceptors (Lipinski definition) is 4. The molecule has 0 aliphatic heterocycles. The van der Waals surface area contributed by atoms with Crippen molar-refractivity contribution in [3.05, 3.63) is 60.0 Å². The Morgan fingerprint density at radius 3 is 2.75 bits per heavy atom. The van der Waals surface area contributed by atoms with Gasteiger partial charge in [0.15, 0.2) is 0 Å². The molecule has 1 aromatic carbocycles. The highest BCUT2D eigenvalue weighted by molar-refractivity contribution is 6.33. The van der Waals surface area contributed by atoms with Gasteiger partial charge in [-0.25, -0.2) is 9.97 Å². The van der Waals surface area contributed by atoms with Crippen LogP contribution in [0.5, 0.6) is 0 Å². The summed E-state index contributed by atoms with van der Waals surface area (Å²) in [5, 5.41) is 6.24. The number of hydrogen-bond donors (Lipinski definition) is 2. The number of carbonyl (C=O) groups excluding carboxylic acids is 1. The third-order valence-corrected chi connectivity index (χ3v) is 2.76. The minimum atomic E-state index is -0.290. The van der Waals surface area contributed by atoms with Crippen molar-refractivity contribution < 1.29 is 4.79 Å². The van der Waals surface area contributed by atoms with Crippen molar-refractivity contribution in [3.63, 3.8) is 0 Å². The van der Waals surface area contributed by atoms with Gasteiger partial charge in [-0.3, -0.25) is 4.79 Å². The summed E-state index contributed by atoms with van der Waals surface area (Å²) in [4.78, 5) is 19.8. The van der Waals surface area contributed by atoms with Crippen LogP contribution >= 0.6 is 11.6 Å². The van der Waals surface area contributed by atoms with Gasteiger partial charge in [0.25, 0.3) is 5.91 Å². The lowest BCUT2D eigenvalue weighted by Gasteiger charge is -2.07. The molecule has 2 N–H and O–H groups in total. The summed E-state index contributed by atoms with van der Waals surface area (Å²) < 4.78 is 0. The predicted octanol–water partition coefficient (Wildman–Crippen LogP) is 2.79. The smallest absolute Gasteiger partial charge is 0.271 e. The van der Waals surface area contributed by atoms with Crippen LogP contribution < -0.4 is 10.6 Å². The number of nitrogens with one attached hydrogen (secondary N) is 2.